The van der Waals surface area contributed by atoms with Gasteiger partial charge in [-0.15, -0.1) is 0 Å². The van der Waals surface area contributed by atoms with Crippen LogP contribution in [0.15, 0.2) is 6.20 Å². The van der Waals surface area contributed by atoms with Crippen molar-refractivity contribution in [1.29, 1.82) is 0 Å². The summed E-state index contributed by atoms with van der Waals surface area (Å²) in [5.41, 5.74) is -3.75. The number of aliphatic hydroxyl groups is 1. The first-order valence-electron chi connectivity index (χ1n) is 3.92. The molecule has 0 aliphatic rings. The SMILES string of the molecule is OCc1c(Cl)cnc(C(F)(F)F)c1C(F)F. The van der Waals surface area contributed by atoms with Gasteiger partial charge in [-0.25, -0.2) is 13.8 Å². The molecule has 8 heteroatoms. The maximum absolute atomic E-state index is 12.5. The van der Waals surface area contributed by atoms with Gasteiger partial charge in [0.15, 0.2) is 5.69 Å². The van der Waals surface area contributed by atoms with Crippen LogP contribution in [0.25, 0.3) is 0 Å². The molecule has 1 heterocycles. The van der Waals surface area contributed by atoms with Crippen molar-refractivity contribution in [2.75, 3.05) is 0 Å². The Labute approximate surface area is 91.7 Å². The molecule has 0 radical (unpaired) electrons. The Hall–Kier alpha value is -0.950. The summed E-state index contributed by atoms with van der Waals surface area (Å²) < 4.78 is 62.0. The summed E-state index contributed by atoms with van der Waals surface area (Å²) in [5.74, 6) is 0. The molecular weight excluding hydrogens is 257 g/mol. The molecule has 0 bridgehead atoms. The highest BCUT2D eigenvalue weighted by atomic mass is 35.5. The molecule has 90 valence electrons. The number of halogens is 6. The van der Waals surface area contributed by atoms with E-state index >= 15 is 0 Å². The van der Waals surface area contributed by atoms with Gasteiger partial charge in [-0.1, -0.05) is 11.6 Å². The largest absolute Gasteiger partial charge is 0.433 e. The van der Waals surface area contributed by atoms with Crippen molar-refractivity contribution in [3.63, 3.8) is 0 Å². The first-order chi connectivity index (χ1) is 7.29. The Morgan fingerprint density at radius 1 is 1.38 bits per heavy atom. The van der Waals surface area contributed by atoms with Gasteiger partial charge in [0, 0.05) is 11.8 Å². The van der Waals surface area contributed by atoms with Gasteiger partial charge in [0.2, 0.25) is 0 Å². The lowest BCUT2D eigenvalue weighted by Gasteiger charge is -2.15. The van der Waals surface area contributed by atoms with E-state index in [2.05, 4.69) is 4.98 Å². The number of alkyl halides is 5. The molecule has 1 N–H and O–H groups in total. The molecule has 1 aromatic heterocycles. The summed E-state index contributed by atoms with van der Waals surface area (Å²) in [4.78, 5) is 2.83. The number of aliphatic hydroxyl groups excluding tert-OH is 1. The maximum atomic E-state index is 12.5. The summed E-state index contributed by atoms with van der Waals surface area (Å²) in [6.45, 7) is -1.01. The van der Waals surface area contributed by atoms with Crippen molar-refractivity contribution in [2.24, 2.45) is 0 Å². The number of rotatable bonds is 2. The van der Waals surface area contributed by atoms with Crippen molar-refractivity contribution in [3.8, 4) is 0 Å². The van der Waals surface area contributed by atoms with Gasteiger partial charge in [-0.2, -0.15) is 13.2 Å². The Morgan fingerprint density at radius 2 is 1.94 bits per heavy atom. The van der Waals surface area contributed by atoms with E-state index < -0.39 is 41.1 Å². The molecule has 1 rings (SSSR count). The minimum atomic E-state index is -5.01. The molecule has 0 unspecified atom stereocenters. The molecule has 0 spiro atoms. The second-order valence-electron chi connectivity index (χ2n) is 2.80. The zero-order valence-electron chi connectivity index (χ0n) is 7.52. The first-order valence-corrected chi connectivity index (χ1v) is 4.30. The topological polar surface area (TPSA) is 33.1 Å². The molecule has 0 amide bonds. The zero-order valence-corrected chi connectivity index (χ0v) is 8.28. The molecule has 16 heavy (non-hydrogen) atoms. The first kappa shape index (κ1) is 13.1. The normalized spacial score (nSPS) is 12.2. The average molecular weight is 262 g/mol. The standard InChI is InChI=1S/C8H5ClF5NO/c9-4-1-15-6(8(12,13)14)5(7(10)11)3(4)2-16/h1,7,16H,2H2. The van der Waals surface area contributed by atoms with E-state index in [1.54, 1.807) is 0 Å². The predicted octanol–water partition coefficient (Wildman–Crippen LogP) is 3.18. The minimum Gasteiger partial charge on any atom is -0.392 e. The van der Waals surface area contributed by atoms with Gasteiger partial charge in [0.05, 0.1) is 17.2 Å². The Kier molecular flexibility index (Phi) is 3.69. The zero-order chi connectivity index (χ0) is 12.5. The Balaban J connectivity index is 3.52. The fourth-order valence-electron chi connectivity index (χ4n) is 1.16. The smallest absolute Gasteiger partial charge is 0.392 e. The Bertz CT molecular complexity index is 393. The highest BCUT2D eigenvalue weighted by molar-refractivity contribution is 6.31. The maximum Gasteiger partial charge on any atom is 0.433 e. The van der Waals surface area contributed by atoms with E-state index in [0.29, 0.717) is 6.20 Å². The van der Waals surface area contributed by atoms with E-state index in [-0.39, 0.29) is 0 Å². The van der Waals surface area contributed by atoms with Gasteiger partial charge in [-0.3, -0.25) is 0 Å². The van der Waals surface area contributed by atoms with Crippen molar-refractivity contribution < 1.29 is 27.1 Å². The van der Waals surface area contributed by atoms with Crippen LogP contribution in [-0.4, -0.2) is 10.1 Å². The summed E-state index contributed by atoms with van der Waals surface area (Å²) >= 11 is 5.37. The Morgan fingerprint density at radius 3 is 2.31 bits per heavy atom. The average Bonchev–Trinajstić information content (AvgIpc) is 2.14. The summed E-state index contributed by atoms with van der Waals surface area (Å²) in [7, 11) is 0. The van der Waals surface area contributed by atoms with Crippen LogP contribution in [0, 0.1) is 0 Å². The minimum absolute atomic E-state index is 0.425. The van der Waals surface area contributed by atoms with Crippen LogP contribution in [0.2, 0.25) is 5.02 Å². The third kappa shape index (κ3) is 2.41. The fourth-order valence-corrected chi connectivity index (χ4v) is 1.37. The number of hydrogen-bond acceptors (Lipinski definition) is 2. The van der Waals surface area contributed by atoms with Gasteiger partial charge in [0.1, 0.15) is 0 Å². The molecule has 0 saturated heterocycles. The molecule has 0 aliphatic carbocycles. The quantitative estimate of drug-likeness (QED) is 0.830. The molecule has 0 saturated carbocycles. The number of pyridine rings is 1. The molecule has 0 aliphatic heterocycles. The highest BCUT2D eigenvalue weighted by Crippen LogP contribution is 2.38. The van der Waals surface area contributed by atoms with Crippen LogP contribution >= 0.6 is 11.6 Å². The van der Waals surface area contributed by atoms with E-state index in [4.69, 9.17) is 16.7 Å². The summed E-state index contributed by atoms with van der Waals surface area (Å²) in [6, 6.07) is 0. The highest BCUT2D eigenvalue weighted by Gasteiger charge is 2.39. The van der Waals surface area contributed by atoms with Crippen molar-refractivity contribution in [2.45, 2.75) is 19.2 Å². The summed E-state index contributed by atoms with van der Waals surface area (Å²) in [5, 5.41) is 8.30. The monoisotopic (exact) mass is 261 g/mol. The number of nitrogens with zero attached hydrogens (tertiary/aromatic N) is 1. The number of hydrogen-bond donors (Lipinski definition) is 1. The van der Waals surface area contributed by atoms with Gasteiger partial charge in [-0.05, 0) is 0 Å². The lowest BCUT2D eigenvalue weighted by Crippen LogP contribution is -2.15. The van der Waals surface area contributed by atoms with E-state index in [9.17, 15) is 22.0 Å². The van der Waals surface area contributed by atoms with Crippen LogP contribution in [0.3, 0.4) is 0 Å². The van der Waals surface area contributed by atoms with E-state index in [0.717, 1.165) is 0 Å². The van der Waals surface area contributed by atoms with Crippen LogP contribution in [-0.2, 0) is 12.8 Å². The van der Waals surface area contributed by atoms with Gasteiger partial charge in [0.25, 0.3) is 6.43 Å². The van der Waals surface area contributed by atoms with E-state index in [1.165, 1.54) is 0 Å². The lowest BCUT2D eigenvalue weighted by molar-refractivity contribution is -0.143. The van der Waals surface area contributed by atoms with Crippen molar-refractivity contribution >= 4 is 11.6 Å². The molecular formula is C8H5ClF5NO. The second kappa shape index (κ2) is 4.50. The summed E-state index contributed by atoms with van der Waals surface area (Å²) in [6.07, 6.45) is -7.84. The van der Waals surface area contributed by atoms with Crippen LogP contribution in [0.4, 0.5) is 22.0 Å². The third-order valence-corrected chi connectivity index (χ3v) is 2.15. The lowest BCUT2D eigenvalue weighted by atomic mass is 10.1. The molecule has 1 aromatic rings. The van der Waals surface area contributed by atoms with Crippen molar-refractivity contribution in [1.82, 2.24) is 4.98 Å². The van der Waals surface area contributed by atoms with E-state index in [1.807, 2.05) is 0 Å². The molecule has 0 aromatic carbocycles. The third-order valence-electron chi connectivity index (χ3n) is 1.82. The van der Waals surface area contributed by atoms with Crippen LogP contribution < -0.4 is 0 Å². The molecule has 2 nitrogen and oxygen atoms in total. The van der Waals surface area contributed by atoms with Crippen LogP contribution in [0.1, 0.15) is 23.2 Å². The van der Waals surface area contributed by atoms with Crippen molar-refractivity contribution in [3.05, 3.63) is 28.0 Å². The second-order valence-corrected chi connectivity index (χ2v) is 3.21. The number of aromatic nitrogens is 1. The van der Waals surface area contributed by atoms with Crippen LogP contribution in [0.5, 0.6) is 0 Å². The molecule has 0 fully saturated rings. The fraction of sp³-hybridized carbons (Fsp3) is 0.375. The predicted molar refractivity (Wildman–Crippen MR) is 45.1 cm³/mol. The van der Waals surface area contributed by atoms with Gasteiger partial charge < -0.3 is 5.11 Å². The molecule has 0 atom stereocenters. The van der Waals surface area contributed by atoms with Gasteiger partial charge >= 0.3 is 6.18 Å².